The van der Waals surface area contributed by atoms with Gasteiger partial charge in [0.15, 0.2) is 0 Å². The molecule has 0 amide bonds. The molecule has 17 heavy (non-hydrogen) atoms. The van der Waals surface area contributed by atoms with Crippen molar-refractivity contribution in [2.75, 3.05) is 0 Å². The van der Waals surface area contributed by atoms with Crippen molar-refractivity contribution >= 4 is 10.8 Å². The molecule has 1 saturated carbocycles. The number of benzene rings is 1. The first-order valence-electron chi connectivity index (χ1n) is 5.69. The Bertz CT molecular complexity index is 431. The standard InChI is InChI=1S/C12H15F2NOS/c13-8-1-6-11(14)12(7-8)17(16)10-4-2-9(15)3-5-10/h1,6-7,9-10H,2-5,15H2. The minimum Gasteiger partial charge on any atom is -0.328 e. The van der Waals surface area contributed by atoms with E-state index in [4.69, 9.17) is 5.73 Å². The lowest BCUT2D eigenvalue weighted by Gasteiger charge is -2.25. The molecule has 0 aliphatic heterocycles. The van der Waals surface area contributed by atoms with Gasteiger partial charge in [0.1, 0.15) is 11.6 Å². The fourth-order valence-corrected chi connectivity index (χ4v) is 3.66. The van der Waals surface area contributed by atoms with E-state index in [1.165, 1.54) is 0 Å². The summed E-state index contributed by atoms with van der Waals surface area (Å²) in [5, 5.41) is -0.105. The number of halogens is 2. The van der Waals surface area contributed by atoms with E-state index in [-0.39, 0.29) is 16.2 Å². The van der Waals surface area contributed by atoms with Crippen LogP contribution in [0.2, 0.25) is 0 Å². The van der Waals surface area contributed by atoms with Gasteiger partial charge < -0.3 is 5.73 Å². The number of hydrogen-bond donors (Lipinski definition) is 1. The summed E-state index contributed by atoms with van der Waals surface area (Å²) in [5.41, 5.74) is 5.76. The molecule has 1 unspecified atom stereocenters. The van der Waals surface area contributed by atoms with Gasteiger partial charge in [0.25, 0.3) is 0 Å². The topological polar surface area (TPSA) is 43.1 Å². The Morgan fingerprint density at radius 1 is 1.18 bits per heavy atom. The van der Waals surface area contributed by atoms with Gasteiger partial charge >= 0.3 is 0 Å². The fraction of sp³-hybridized carbons (Fsp3) is 0.500. The summed E-state index contributed by atoms with van der Waals surface area (Å²) in [6, 6.07) is 3.24. The molecule has 1 aliphatic rings. The zero-order valence-corrected chi connectivity index (χ0v) is 10.2. The molecule has 1 aromatic rings. The molecule has 2 nitrogen and oxygen atoms in total. The molecule has 0 aromatic heterocycles. The van der Waals surface area contributed by atoms with Crippen LogP contribution in [-0.4, -0.2) is 15.5 Å². The Morgan fingerprint density at radius 3 is 2.47 bits per heavy atom. The Kier molecular flexibility index (Phi) is 3.89. The predicted molar refractivity (Wildman–Crippen MR) is 63.0 cm³/mol. The molecule has 1 aliphatic carbocycles. The molecular formula is C12H15F2NOS. The van der Waals surface area contributed by atoms with Crippen molar-refractivity contribution in [2.24, 2.45) is 5.73 Å². The first-order chi connectivity index (χ1) is 8.08. The number of nitrogens with two attached hydrogens (primary N) is 1. The van der Waals surface area contributed by atoms with Crippen molar-refractivity contribution in [3.8, 4) is 0 Å². The van der Waals surface area contributed by atoms with Crippen molar-refractivity contribution in [1.82, 2.24) is 0 Å². The lowest BCUT2D eigenvalue weighted by atomic mass is 9.96. The quantitative estimate of drug-likeness (QED) is 0.886. The highest BCUT2D eigenvalue weighted by molar-refractivity contribution is 7.85. The summed E-state index contributed by atoms with van der Waals surface area (Å²) in [6.45, 7) is 0. The molecule has 1 atom stereocenters. The van der Waals surface area contributed by atoms with Crippen molar-refractivity contribution in [3.05, 3.63) is 29.8 Å². The lowest BCUT2D eigenvalue weighted by Crippen LogP contribution is -2.31. The van der Waals surface area contributed by atoms with Crippen LogP contribution in [-0.2, 0) is 10.8 Å². The first kappa shape index (κ1) is 12.6. The highest BCUT2D eigenvalue weighted by atomic mass is 32.2. The monoisotopic (exact) mass is 259 g/mol. The van der Waals surface area contributed by atoms with E-state index in [1.54, 1.807) is 0 Å². The molecule has 2 N–H and O–H groups in total. The SMILES string of the molecule is NC1CCC(S(=O)c2cc(F)ccc2F)CC1. The van der Waals surface area contributed by atoms with Gasteiger partial charge in [-0.15, -0.1) is 0 Å². The second kappa shape index (κ2) is 5.23. The summed E-state index contributed by atoms with van der Waals surface area (Å²) in [4.78, 5) is -0.0227. The normalized spacial score (nSPS) is 26.8. The average Bonchev–Trinajstić information content (AvgIpc) is 2.32. The summed E-state index contributed by atoms with van der Waals surface area (Å²) in [6.07, 6.45) is 3.02. The van der Waals surface area contributed by atoms with Gasteiger partial charge in [-0.25, -0.2) is 8.78 Å². The Balaban J connectivity index is 2.16. The molecule has 0 bridgehead atoms. The fourth-order valence-electron chi connectivity index (χ4n) is 2.11. The largest absolute Gasteiger partial charge is 0.328 e. The molecule has 0 heterocycles. The third-order valence-corrected chi connectivity index (χ3v) is 4.95. The molecule has 0 spiro atoms. The van der Waals surface area contributed by atoms with E-state index in [2.05, 4.69) is 0 Å². The number of hydrogen-bond acceptors (Lipinski definition) is 2. The molecule has 2 rings (SSSR count). The summed E-state index contributed by atoms with van der Waals surface area (Å²) >= 11 is 0. The molecule has 0 radical (unpaired) electrons. The molecular weight excluding hydrogens is 244 g/mol. The van der Waals surface area contributed by atoms with Crippen LogP contribution in [0.15, 0.2) is 23.1 Å². The van der Waals surface area contributed by atoms with Crippen LogP contribution in [0.4, 0.5) is 8.78 Å². The van der Waals surface area contributed by atoms with E-state index >= 15 is 0 Å². The third kappa shape index (κ3) is 2.90. The van der Waals surface area contributed by atoms with Crippen LogP contribution >= 0.6 is 0 Å². The van der Waals surface area contributed by atoms with Gasteiger partial charge in [0, 0.05) is 11.3 Å². The third-order valence-electron chi connectivity index (χ3n) is 3.13. The van der Waals surface area contributed by atoms with Gasteiger partial charge in [-0.3, -0.25) is 4.21 Å². The van der Waals surface area contributed by atoms with E-state index in [9.17, 15) is 13.0 Å². The smallest absolute Gasteiger partial charge is 0.139 e. The molecule has 0 saturated heterocycles. The minimum atomic E-state index is -1.48. The second-order valence-electron chi connectivity index (χ2n) is 4.41. The minimum absolute atomic E-state index is 0.0227. The number of rotatable bonds is 2. The van der Waals surface area contributed by atoms with Crippen molar-refractivity contribution in [3.63, 3.8) is 0 Å². The molecule has 5 heteroatoms. The maximum Gasteiger partial charge on any atom is 0.139 e. The zero-order chi connectivity index (χ0) is 12.4. The molecule has 94 valence electrons. The van der Waals surface area contributed by atoms with E-state index in [0.29, 0.717) is 12.8 Å². The zero-order valence-electron chi connectivity index (χ0n) is 9.36. The van der Waals surface area contributed by atoms with Gasteiger partial charge in [-0.1, -0.05) is 0 Å². The highest BCUT2D eigenvalue weighted by Crippen LogP contribution is 2.26. The molecule has 1 fully saturated rings. The maximum atomic E-state index is 13.5. The van der Waals surface area contributed by atoms with Crippen molar-refractivity contribution in [2.45, 2.75) is 41.9 Å². The predicted octanol–water partition coefficient (Wildman–Crippen LogP) is 2.34. The van der Waals surface area contributed by atoms with Gasteiger partial charge in [0.05, 0.1) is 15.7 Å². The van der Waals surface area contributed by atoms with E-state index in [0.717, 1.165) is 31.0 Å². The summed E-state index contributed by atoms with van der Waals surface area (Å²) < 4.78 is 38.6. The van der Waals surface area contributed by atoms with Gasteiger partial charge in [-0.05, 0) is 43.9 Å². The Morgan fingerprint density at radius 2 is 1.82 bits per heavy atom. The maximum absolute atomic E-state index is 13.5. The Labute approximate surface area is 102 Å². The summed E-state index contributed by atoms with van der Waals surface area (Å²) in [7, 11) is -1.48. The van der Waals surface area contributed by atoms with Crippen LogP contribution in [0, 0.1) is 11.6 Å². The van der Waals surface area contributed by atoms with Crippen LogP contribution < -0.4 is 5.73 Å². The van der Waals surface area contributed by atoms with Gasteiger partial charge in [-0.2, -0.15) is 0 Å². The van der Waals surface area contributed by atoms with E-state index in [1.807, 2.05) is 0 Å². The second-order valence-corrected chi connectivity index (χ2v) is 6.11. The summed E-state index contributed by atoms with van der Waals surface area (Å²) in [5.74, 6) is -1.15. The lowest BCUT2D eigenvalue weighted by molar-refractivity contribution is 0.443. The average molecular weight is 259 g/mol. The van der Waals surface area contributed by atoms with E-state index < -0.39 is 22.4 Å². The van der Waals surface area contributed by atoms with Crippen LogP contribution in [0.1, 0.15) is 25.7 Å². The van der Waals surface area contributed by atoms with Crippen molar-refractivity contribution in [1.29, 1.82) is 0 Å². The Hall–Kier alpha value is -0.810. The van der Waals surface area contributed by atoms with Crippen LogP contribution in [0.3, 0.4) is 0 Å². The van der Waals surface area contributed by atoms with Crippen LogP contribution in [0.25, 0.3) is 0 Å². The first-order valence-corrected chi connectivity index (χ1v) is 6.90. The highest BCUT2D eigenvalue weighted by Gasteiger charge is 2.26. The van der Waals surface area contributed by atoms with Crippen molar-refractivity contribution < 1.29 is 13.0 Å². The van der Waals surface area contributed by atoms with Gasteiger partial charge in [0.2, 0.25) is 0 Å². The molecule has 1 aromatic carbocycles. The van der Waals surface area contributed by atoms with Crippen LogP contribution in [0.5, 0.6) is 0 Å².